The molecule has 0 amide bonds. The Labute approximate surface area is 110 Å². The third-order valence-electron chi connectivity index (χ3n) is 2.64. The Morgan fingerprint density at radius 2 is 2.12 bits per heavy atom. The second-order valence-corrected chi connectivity index (χ2v) is 4.90. The van der Waals surface area contributed by atoms with Gasteiger partial charge in [0.25, 0.3) is 0 Å². The van der Waals surface area contributed by atoms with Crippen molar-refractivity contribution in [3.8, 4) is 0 Å². The first-order valence-corrected chi connectivity index (χ1v) is 6.60. The van der Waals surface area contributed by atoms with Gasteiger partial charge in [0.2, 0.25) is 0 Å². The summed E-state index contributed by atoms with van der Waals surface area (Å²) < 4.78 is 1.10. The number of hydrogen-bond acceptors (Lipinski definition) is 2. The Hall–Kier alpha value is -0.870. The average Bonchev–Trinajstić information content (AvgIpc) is 2.28. The van der Waals surface area contributed by atoms with Gasteiger partial charge in [0, 0.05) is 16.9 Å². The first-order chi connectivity index (χ1) is 8.11. The topological polar surface area (TPSA) is 49.3 Å². The van der Waals surface area contributed by atoms with Crippen molar-refractivity contribution in [1.29, 1.82) is 0 Å². The van der Waals surface area contributed by atoms with Crippen LogP contribution in [0.15, 0.2) is 28.7 Å². The summed E-state index contributed by atoms with van der Waals surface area (Å²) in [4.78, 5) is 10.3. The largest absolute Gasteiger partial charge is 0.481 e. The maximum Gasteiger partial charge on any atom is 0.303 e. The van der Waals surface area contributed by atoms with Crippen LogP contribution in [0.5, 0.6) is 0 Å². The van der Waals surface area contributed by atoms with E-state index < -0.39 is 5.97 Å². The van der Waals surface area contributed by atoms with Crippen LogP contribution in [0, 0.1) is 0 Å². The number of rotatable bonds is 7. The van der Waals surface area contributed by atoms with Crippen LogP contribution in [-0.2, 0) is 4.79 Å². The van der Waals surface area contributed by atoms with Crippen LogP contribution < -0.4 is 5.32 Å². The summed E-state index contributed by atoms with van der Waals surface area (Å²) in [6, 6.07) is 8.39. The molecule has 0 unspecified atom stereocenters. The maximum absolute atomic E-state index is 10.3. The quantitative estimate of drug-likeness (QED) is 0.759. The number of carbonyl (C=O) groups is 1. The molecule has 1 aromatic carbocycles. The zero-order valence-corrected chi connectivity index (χ0v) is 11.5. The van der Waals surface area contributed by atoms with Gasteiger partial charge in [-0.1, -0.05) is 34.1 Å². The monoisotopic (exact) mass is 299 g/mol. The van der Waals surface area contributed by atoms with Gasteiger partial charge in [-0.3, -0.25) is 4.79 Å². The van der Waals surface area contributed by atoms with Crippen LogP contribution in [0.4, 0.5) is 0 Å². The Morgan fingerprint density at radius 3 is 2.76 bits per heavy atom. The maximum atomic E-state index is 10.3. The van der Waals surface area contributed by atoms with Crippen LogP contribution in [0.1, 0.15) is 37.8 Å². The fourth-order valence-corrected chi connectivity index (χ4v) is 2.28. The minimum absolute atomic E-state index is 0.255. The number of carboxylic acids is 1. The molecule has 0 aliphatic heterocycles. The summed E-state index contributed by atoms with van der Waals surface area (Å²) >= 11 is 3.52. The Kier molecular flexibility index (Phi) is 6.22. The van der Waals surface area contributed by atoms with Gasteiger partial charge in [-0.25, -0.2) is 0 Å². The average molecular weight is 300 g/mol. The fraction of sp³-hybridized carbons (Fsp3) is 0.462. The highest BCUT2D eigenvalue weighted by Crippen LogP contribution is 2.22. The molecule has 0 saturated carbocycles. The van der Waals surface area contributed by atoms with Gasteiger partial charge in [-0.05, 0) is 37.9 Å². The molecule has 0 aliphatic carbocycles. The lowest BCUT2D eigenvalue weighted by Gasteiger charge is -2.15. The van der Waals surface area contributed by atoms with Crippen LogP contribution in [0.3, 0.4) is 0 Å². The molecule has 94 valence electrons. The van der Waals surface area contributed by atoms with Crippen LogP contribution in [-0.4, -0.2) is 17.6 Å². The van der Waals surface area contributed by atoms with Gasteiger partial charge < -0.3 is 10.4 Å². The van der Waals surface area contributed by atoms with Crippen LogP contribution in [0.2, 0.25) is 0 Å². The van der Waals surface area contributed by atoms with Crippen molar-refractivity contribution in [3.05, 3.63) is 34.3 Å². The summed E-state index contributed by atoms with van der Waals surface area (Å²) in [5.74, 6) is -0.719. The highest BCUT2D eigenvalue weighted by molar-refractivity contribution is 9.10. The molecule has 1 aromatic rings. The molecule has 17 heavy (non-hydrogen) atoms. The normalized spacial score (nSPS) is 12.4. The first-order valence-electron chi connectivity index (χ1n) is 5.81. The fourth-order valence-electron chi connectivity index (χ4n) is 1.66. The molecule has 0 bridgehead atoms. The highest BCUT2D eigenvalue weighted by atomic mass is 79.9. The Bertz CT molecular complexity index is 368. The van der Waals surface area contributed by atoms with Gasteiger partial charge >= 0.3 is 5.97 Å². The van der Waals surface area contributed by atoms with E-state index in [1.165, 1.54) is 5.56 Å². The number of halogens is 1. The molecule has 0 heterocycles. The lowest BCUT2D eigenvalue weighted by molar-refractivity contribution is -0.137. The number of carboxylic acid groups (broad SMARTS) is 1. The Morgan fingerprint density at radius 1 is 1.41 bits per heavy atom. The van der Waals surface area contributed by atoms with E-state index >= 15 is 0 Å². The molecule has 0 spiro atoms. The standard InChI is InChI=1S/C13H18BrNO2/c1-10(11-6-2-3-7-12(11)14)15-9-5-4-8-13(16)17/h2-3,6-7,10,15H,4-5,8-9H2,1H3,(H,16,17)/t10-/m0/s1. The molecule has 0 aromatic heterocycles. The lowest BCUT2D eigenvalue weighted by atomic mass is 10.1. The van der Waals surface area contributed by atoms with Crippen molar-refractivity contribution < 1.29 is 9.90 Å². The molecule has 3 nitrogen and oxygen atoms in total. The molecular formula is C13H18BrNO2. The van der Waals surface area contributed by atoms with E-state index in [0.717, 1.165) is 23.9 Å². The molecule has 1 rings (SSSR count). The minimum atomic E-state index is -0.719. The third-order valence-corrected chi connectivity index (χ3v) is 3.36. The molecule has 1 atom stereocenters. The molecule has 0 saturated heterocycles. The summed E-state index contributed by atoms with van der Waals surface area (Å²) in [7, 11) is 0. The van der Waals surface area contributed by atoms with Gasteiger partial charge in [0.1, 0.15) is 0 Å². The van der Waals surface area contributed by atoms with E-state index in [9.17, 15) is 4.79 Å². The zero-order chi connectivity index (χ0) is 12.7. The number of benzene rings is 1. The van der Waals surface area contributed by atoms with Crippen LogP contribution >= 0.6 is 15.9 Å². The number of nitrogens with one attached hydrogen (secondary N) is 1. The van der Waals surface area contributed by atoms with E-state index in [4.69, 9.17) is 5.11 Å². The molecule has 0 aliphatic rings. The van der Waals surface area contributed by atoms with Crippen molar-refractivity contribution in [1.82, 2.24) is 5.32 Å². The highest BCUT2D eigenvalue weighted by Gasteiger charge is 2.07. The zero-order valence-electron chi connectivity index (χ0n) is 9.95. The Balaban J connectivity index is 2.28. The van der Waals surface area contributed by atoms with Gasteiger partial charge in [0.15, 0.2) is 0 Å². The summed E-state index contributed by atoms with van der Waals surface area (Å²) in [5, 5.41) is 11.9. The second kappa shape index (κ2) is 7.45. The van der Waals surface area contributed by atoms with E-state index in [2.05, 4.69) is 34.2 Å². The summed E-state index contributed by atoms with van der Waals surface area (Å²) in [6.45, 7) is 2.95. The number of aliphatic carboxylic acids is 1. The van der Waals surface area contributed by atoms with E-state index in [0.29, 0.717) is 0 Å². The van der Waals surface area contributed by atoms with E-state index in [1.807, 2.05) is 18.2 Å². The smallest absolute Gasteiger partial charge is 0.303 e. The van der Waals surface area contributed by atoms with Gasteiger partial charge in [-0.15, -0.1) is 0 Å². The molecule has 4 heteroatoms. The number of unbranched alkanes of at least 4 members (excludes halogenated alkanes) is 1. The third kappa shape index (κ3) is 5.33. The first kappa shape index (κ1) is 14.2. The van der Waals surface area contributed by atoms with Crippen molar-refractivity contribution in [2.24, 2.45) is 0 Å². The molecule has 0 fully saturated rings. The minimum Gasteiger partial charge on any atom is -0.481 e. The predicted octanol–water partition coefficient (Wildman–Crippen LogP) is 3.35. The second-order valence-electron chi connectivity index (χ2n) is 4.05. The van der Waals surface area contributed by atoms with Crippen molar-refractivity contribution >= 4 is 21.9 Å². The van der Waals surface area contributed by atoms with Crippen LogP contribution in [0.25, 0.3) is 0 Å². The van der Waals surface area contributed by atoms with Crippen molar-refractivity contribution in [3.63, 3.8) is 0 Å². The van der Waals surface area contributed by atoms with Crippen molar-refractivity contribution in [2.45, 2.75) is 32.2 Å². The SMILES string of the molecule is C[C@H](NCCCCC(=O)O)c1ccccc1Br. The van der Waals surface area contributed by atoms with Gasteiger partial charge in [0.05, 0.1) is 0 Å². The van der Waals surface area contributed by atoms with Crippen molar-refractivity contribution in [2.75, 3.05) is 6.54 Å². The summed E-state index contributed by atoms with van der Waals surface area (Å²) in [6.07, 6.45) is 1.87. The molecular weight excluding hydrogens is 282 g/mol. The number of hydrogen-bond donors (Lipinski definition) is 2. The van der Waals surface area contributed by atoms with Gasteiger partial charge in [-0.2, -0.15) is 0 Å². The molecule has 2 N–H and O–H groups in total. The lowest BCUT2D eigenvalue weighted by Crippen LogP contribution is -2.20. The summed E-state index contributed by atoms with van der Waals surface area (Å²) in [5.41, 5.74) is 1.23. The van der Waals surface area contributed by atoms with E-state index in [1.54, 1.807) is 0 Å². The predicted molar refractivity (Wildman–Crippen MR) is 72.0 cm³/mol. The van der Waals surface area contributed by atoms with E-state index in [-0.39, 0.29) is 12.5 Å². The molecule has 0 radical (unpaired) electrons.